The lowest BCUT2D eigenvalue weighted by atomic mass is 10.1. The Balaban J connectivity index is 1.78. The number of carbonyl (C=O) groups excluding carboxylic acids is 1. The minimum absolute atomic E-state index is 0.0114. The molecule has 1 amide bonds. The molecule has 0 spiro atoms. The van der Waals surface area contributed by atoms with Gasteiger partial charge in [0.25, 0.3) is 0 Å². The second-order valence-corrected chi connectivity index (χ2v) is 6.60. The third-order valence-electron chi connectivity index (χ3n) is 4.22. The Labute approximate surface area is 173 Å². The van der Waals surface area contributed by atoms with E-state index in [1.54, 1.807) is 7.11 Å². The molecular formula is C23H31NO5. The summed E-state index contributed by atoms with van der Waals surface area (Å²) in [5, 5.41) is 2.97. The zero-order chi connectivity index (χ0) is 21.1. The Morgan fingerprint density at radius 3 is 2.24 bits per heavy atom. The minimum Gasteiger partial charge on any atom is -0.497 e. The summed E-state index contributed by atoms with van der Waals surface area (Å²) in [6.07, 6.45) is 1.02. The van der Waals surface area contributed by atoms with Gasteiger partial charge < -0.3 is 24.3 Å². The SMILES string of the molecule is CCOc1ccc(CCC(=O)N[C@@H](C)COc2ccc(OC)cc2)cc1OCC. The third kappa shape index (κ3) is 7.56. The van der Waals surface area contributed by atoms with E-state index in [4.69, 9.17) is 18.9 Å². The van der Waals surface area contributed by atoms with E-state index >= 15 is 0 Å². The predicted molar refractivity (Wildman–Crippen MR) is 113 cm³/mol. The minimum atomic E-state index is -0.0936. The summed E-state index contributed by atoms with van der Waals surface area (Å²) in [7, 11) is 1.62. The molecule has 1 N–H and O–H groups in total. The first-order chi connectivity index (χ1) is 14.0. The molecule has 0 bridgehead atoms. The Morgan fingerprint density at radius 1 is 0.931 bits per heavy atom. The van der Waals surface area contributed by atoms with Gasteiger partial charge in [-0.15, -0.1) is 0 Å². The standard InChI is InChI=1S/C23H31NO5/c1-5-27-21-13-7-18(15-22(21)28-6-2)8-14-23(25)24-17(3)16-29-20-11-9-19(26-4)10-12-20/h7,9-13,15,17H,5-6,8,14,16H2,1-4H3,(H,24,25)/t17-/m0/s1. The molecule has 6 heteroatoms. The molecule has 2 rings (SSSR count). The molecule has 2 aromatic rings. The van der Waals surface area contributed by atoms with Crippen LogP contribution in [0.1, 0.15) is 32.8 Å². The van der Waals surface area contributed by atoms with E-state index in [2.05, 4.69) is 5.32 Å². The third-order valence-corrected chi connectivity index (χ3v) is 4.22. The summed E-state index contributed by atoms with van der Waals surface area (Å²) in [6.45, 7) is 7.34. The number of nitrogens with one attached hydrogen (secondary N) is 1. The first-order valence-corrected chi connectivity index (χ1v) is 10.00. The number of rotatable bonds is 12. The van der Waals surface area contributed by atoms with E-state index in [9.17, 15) is 4.79 Å². The zero-order valence-corrected chi connectivity index (χ0v) is 17.7. The van der Waals surface area contributed by atoms with Crippen LogP contribution in [0.3, 0.4) is 0 Å². The van der Waals surface area contributed by atoms with E-state index in [0.717, 1.165) is 22.8 Å². The van der Waals surface area contributed by atoms with Crippen LogP contribution in [-0.4, -0.2) is 38.9 Å². The van der Waals surface area contributed by atoms with E-state index in [1.165, 1.54) is 0 Å². The van der Waals surface area contributed by atoms with Crippen LogP contribution in [0.25, 0.3) is 0 Å². The van der Waals surface area contributed by atoms with Gasteiger partial charge in [0.2, 0.25) is 5.91 Å². The quantitative estimate of drug-likeness (QED) is 0.582. The lowest BCUT2D eigenvalue weighted by Crippen LogP contribution is -2.36. The van der Waals surface area contributed by atoms with Crippen molar-refractivity contribution in [1.29, 1.82) is 0 Å². The highest BCUT2D eigenvalue weighted by atomic mass is 16.5. The van der Waals surface area contributed by atoms with Gasteiger partial charge in [-0.2, -0.15) is 0 Å². The molecule has 0 aromatic heterocycles. The van der Waals surface area contributed by atoms with Gasteiger partial charge in [-0.1, -0.05) is 6.07 Å². The van der Waals surface area contributed by atoms with E-state index in [1.807, 2.05) is 63.2 Å². The number of methoxy groups -OCH3 is 1. The smallest absolute Gasteiger partial charge is 0.220 e. The first kappa shape index (κ1) is 22.4. The Bertz CT molecular complexity index is 760. The van der Waals surface area contributed by atoms with Crippen LogP contribution in [0.2, 0.25) is 0 Å². The Hall–Kier alpha value is -2.89. The largest absolute Gasteiger partial charge is 0.497 e. The van der Waals surface area contributed by atoms with Crippen molar-refractivity contribution in [2.24, 2.45) is 0 Å². The van der Waals surface area contributed by atoms with Gasteiger partial charge >= 0.3 is 0 Å². The summed E-state index contributed by atoms with van der Waals surface area (Å²) in [5.41, 5.74) is 1.04. The van der Waals surface area contributed by atoms with Crippen LogP contribution in [0.15, 0.2) is 42.5 Å². The summed E-state index contributed by atoms with van der Waals surface area (Å²) in [6, 6.07) is 13.1. The van der Waals surface area contributed by atoms with Gasteiger partial charge in [0.05, 0.1) is 26.4 Å². The van der Waals surface area contributed by atoms with Gasteiger partial charge in [-0.25, -0.2) is 0 Å². The van der Waals surface area contributed by atoms with Crippen molar-refractivity contribution in [3.8, 4) is 23.0 Å². The fourth-order valence-corrected chi connectivity index (χ4v) is 2.79. The molecule has 0 aliphatic rings. The highest BCUT2D eigenvalue weighted by Gasteiger charge is 2.11. The lowest BCUT2D eigenvalue weighted by molar-refractivity contribution is -0.121. The van der Waals surface area contributed by atoms with Crippen molar-refractivity contribution in [3.05, 3.63) is 48.0 Å². The average Bonchev–Trinajstić information content (AvgIpc) is 2.73. The van der Waals surface area contributed by atoms with Crippen molar-refractivity contribution < 1.29 is 23.7 Å². The highest BCUT2D eigenvalue weighted by Crippen LogP contribution is 2.29. The van der Waals surface area contributed by atoms with Crippen LogP contribution in [0.5, 0.6) is 23.0 Å². The van der Waals surface area contributed by atoms with Gasteiger partial charge in [0.1, 0.15) is 18.1 Å². The maximum Gasteiger partial charge on any atom is 0.220 e. The normalized spacial score (nSPS) is 11.4. The number of benzene rings is 2. The fourth-order valence-electron chi connectivity index (χ4n) is 2.79. The number of amides is 1. The number of aryl methyl sites for hydroxylation is 1. The van der Waals surface area contributed by atoms with Gasteiger partial charge in [-0.05, 0) is 69.2 Å². The molecule has 0 aliphatic heterocycles. The zero-order valence-electron chi connectivity index (χ0n) is 17.7. The molecule has 0 radical (unpaired) electrons. The molecule has 0 saturated heterocycles. The van der Waals surface area contributed by atoms with Crippen LogP contribution in [0, 0.1) is 0 Å². The molecule has 0 heterocycles. The van der Waals surface area contributed by atoms with Crippen LogP contribution in [0.4, 0.5) is 0 Å². The highest BCUT2D eigenvalue weighted by molar-refractivity contribution is 5.76. The summed E-state index contributed by atoms with van der Waals surface area (Å²) in [5.74, 6) is 2.95. The maximum absolute atomic E-state index is 12.3. The number of hydrogen-bond donors (Lipinski definition) is 1. The molecule has 0 saturated carbocycles. The topological polar surface area (TPSA) is 66.0 Å². The van der Waals surface area contributed by atoms with E-state index in [0.29, 0.717) is 38.4 Å². The number of ether oxygens (including phenoxy) is 4. The van der Waals surface area contributed by atoms with Crippen LogP contribution < -0.4 is 24.3 Å². The summed E-state index contributed by atoms with van der Waals surface area (Å²) < 4.78 is 22.0. The maximum atomic E-state index is 12.3. The molecule has 29 heavy (non-hydrogen) atoms. The van der Waals surface area contributed by atoms with Crippen LogP contribution >= 0.6 is 0 Å². The molecule has 0 aliphatic carbocycles. The predicted octanol–water partition coefficient (Wildman–Crippen LogP) is 4.01. The van der Waals surface area contributed by atoms with Crippen molar-refractivity contribution in [3.63, 3.8) is 0 Å². The fraction of sp³-hybridized carbons (Fsp3) is 0.435. The molecule has 158 valence electrons. The van der Waals surface area contributed by atoms with Crippen molar-refractivity contribution in [2.75, 3.05) is 26.9 Å². The van der Waals surface area contributed by atoms with E-state index in [-0.39, 0.29) is 11.9 Å². The molecule has 0 fully saturated rings. The Morgan fingerprint density at radius 2 is 1.59 bits per heavy atom. The average molecular weight is 402 g/mol. The molecule has 2 aromatic carbocycles. The van der Waals surface area contributed by atoms with Crippen molar-refractivity contribution >= 4 is 5.91 Å². The van der Waals surface area contributed by atoms with E-state index < -0.39 is 0 Å². The second-order valence-electron chi connectivity index (χ2n) is 6.60. The first-order valence-electron chi connectivity index (χ1n) is 10.00. The van der Waals surface area contributed by atoms with Crippen molar-refractivity contribution in [2.45, 2.75) is 39.7 Å². The molecular weight excluding hydrogens is 370 g/mol. The number of carbonyl (C=O) groups is 1. The Kier molecular flexibility index (Phi) is 9.15. The van der Waals surface area contributed by atoms with Gasteiger partial charge in [-0.3, -0.25) is 4.79 Å². The summed E-state index contributed by atoms with van der Waals surface area (Å²) in [4.78, 5) is 12.3. The summed E-state index contributed by atoms with van der Waals surface area (Å²) >= 11 is 0. The number of hydrogen-bond acceptors (Lipinski definition) is 5. The molecule has 1 atom stereocenters. The lowest BCUT2D eigenvalue weighted by Gasteiger charge is -2.16. The van der Waals surface area contributed by atoms with Gasteiger partial charge in [0.15, 0.2) is 11.5 Å². The van der Waals surface area contributed by atoms with Crippen molar-refractivity contribution in [1.82, 2.24) is 5.32 Å². The monoisotopic (exact) mass is 401 g/mol. The van der Waals surface area contributed by atoms with Crippen LogP contribution in [-0.2, 0) is 11.2 Å². The van der Waals surface area contributed by atoms with Gasteiger partial charge in [0, 0.05) is 6.42 Å². The molecule has 0 unspecified atom stereocenters. The second kappa shape index (κ2) is 11.8. The molecule has 6 nitrogen and oxygen atoms in total.